The molecular weight excluding hydrogens is 336 g/mol. The van der Waals surface area contributed by atoms with E-state index in [-0.39, 0.29) is 6.03 Å². The fourth-order valence-corrected chi connectivity index (χ4v) is 4.06. The Morgan fingerprint density at radius 3 is 2.26 bits per heavy atom. The molecule has 5 nitrogen and oxygen atoms in total. The normalized spacial score (nSPS) is 20.2. The average molecular weight is 373 g/mol. The van der Waals surface area contributed by atoms with E-state index in [1.54, 1.807) is 0 Å². The van der Waals surface area contributed by atoms with Gasteiger partial charge in [-0.25, -0.2) is 4.79 Å². The van der Waals surface area contributed by atoms with Gasteiger partial charge in [0.2, 0.25) is 0 Å². The van der Waals surface area contributed by atoms with Crippen LogP contribution in [0.2, 0.25) is 0 Å². The lowest BCUT2D eigenvalue weighted by Gasteiger charge is -2.39. The van der Waals surface area contributed by atoms with E-state index in [1.807, 2.05) is 4.90 Å². The van der Waals surface area contributed by atoms with Crippen LogP contribution in [0.3, 0.4) is 0 Å². The lowest BCUT2D eigenvalue weighted by molar-refractivity contribution is 0.0959. The van der Waals surface area contributed by atoms with Crippen LogP contribution in [0, 0.1) is 11.8 Å². The number of rotatable bonds is 6. The summed E-state index contributed by atoms with van der Waals surface area (Å²) >= 11 is 0. The Labute approximate surface area is 164 Å². The van der Waals surface area contributed by atoms with Gasteiger partial charge in [0.15, 0.2) is 0 Å². The lowest BCUT2D eigenvalue weighted by Crippen LogP contribution is -2.50. The zero-order valence-electron chi connectivity index (χ0n) is 17.1. The molecule has 2 fully saturated rings. The SMILES string of the molecule is CC(C)CNC(=O)N1CCC(CN2CCN(Cc3ccccc3)CC2)CC1. The molecule has 2 saturated heterocycles. The largest absolute Gasteiger partial charge is 0.338 e. The number of nitrogens with one attached hydrogen (secondary N) is 1. The van der Waals surface area contributed by atoms with E-state index < -0.39 is 0 Å². The van der Waals surface area contributed by atoms with Gasteiger partial charge >= 0.3 is 6.03 Å². The van der Waals surface area contributed by atoms with Crippen molar-refractivity contribution in [3.8, 4) is 0 Å². The predicted octanol–water partition coefficient (Wildman–Crippen LogP) is 2.88. The maximum absolute atomic E-state index is 12.2. The van der Waals surface area contributed by atoms with Crippen LogP contribution in [0.5, 0.6) is 0 Å². The monoisotopic (exact) mass is 372 g/mol. The van der Waals surface area contributed by atoms with Crippen molar-refractivity contribution in [3.63, 3.8) is 0 Å². The molecule has 0 spiro atoms. The number of carbonyl (C=O) groups excluding carboxylic acids is 1. The first-order valence-corrected chi connectivity index (χ1v) is 10.6. The number of urea groups is 1. The molecular formula is C22H36N4O. The number of amides is 2. The molecule has 0 atom stereocenters. The third kappa shape index (κ3) is 6.51. The second kappa shape index (κ2) is 10.1. The Kier molecular flexibility index (Phi) is 7.53. The molecule has 1 N–H and O–H groups in total. The summed E-state index contributed by atoms with van der Waals surface area (Å²) < 4.78 is 0. The molecule has 150 valence electrons. The van der Waals surface area contributed by atoms with Crippen LogP contribution in [0.1, 0.15) is 32.3 Å². The van der Waals surface area contributed by atoms with Gasteiger partial charge in [0, 0.05) is 58.9 Å². The van der Waals surface area contributed by atoms with Crippen molar-refractivity contribution in [2.75, 3.05) is 52.4 Å². The first-order chi connectivity index (χ1) is 13.1. The maximum atomic E-state index is 12.2. The van der Waals surface area contributed by atoms with Crippen LogP contribution >= 0.6 is 0 Å². The third-order valence-electron chi connectivity index (χ3n) is 5.79. The Balaban J connectivity index is 1.33. The van der Waals surface area contributed by atoms with Gasteiger partial charge in [-0.2, -0.15) is 0 Å². The van der Waals surface area contributed by atoms with E-state index in [0.717, 1.165) is 58.0 Å². The highest BCUT2D eigenvalue weighted by atomic mass is 16.2. The van der Waals surface area contributed by atoms with Gasteiger partial charge in [-0.15, -0.1) is 0 Å². The Hall–Kier alpha value is -1.59. The van der Waals surface area contributed by atoms with Crippen LogP contribution in [0.15, 0.2) is 30.3 Å². The van der Waals surface area contributed by atoms with Crippen LogP contribution in [-0.2, 0) is 6.54 Å². The number of likely N-dealkylation sites (tertiary alicyclic amines) is 1. The number of piperazine rings is 1. The number of hydrogen-bond donors (Lipinski definition) is 1. The van der Waals surface area contributed by atoms with Gasteiger partial charge in [0.25, 0.3) is 0 Å². The number of piperidine rings is 1. The van der Waals surface area contributed by atoms with Gasteiger partial charge in [0.1, 0.15) is 0 Å². The summed E-state index contributed by atoms with van der Waals surface area (Å²) in [6, 6.07) is 10.9. The fraction of sp³-hybridized carbons (Fsp3) is 0.682. The summed E-state index contributed by atoms with van der Waals surface area (Å²) in [5, 5.41) is 3.04. The van der Waals surface area contributed by atoms with E-state index >= 15 is 0 Å². The molecule has 3 rings (SSSR count). The van der Waals surface area contributed by atoms with E-state index in [9.17, 15) is 4.79 Å². The summed E-state index contributed by atoms with van der Waals surface area (Å²) in [5.74, 6) is 1.24. The van der Waals surface area contributed by atoms with E-state index in [4.69, 9.17) is 0 Å². The molecule has 5 heteroatoms. The van der Waals surface area contributed by atoms with Crippen LogP contribution < -0.4 is 5.32 Å². The predicted molar refractivity (Wildman–Crippen MR) is 111 cm³/mol. The lowest BCUT2D eigenvalue weighted by atomic mass is 9.96. The summed E-state index contributed by atoms with van der Waals surface area (Å²) in [5.41, 5.74) is 1.41. The molecule has 2 aliphatic rings. The van der Waals surface area contributed by atoms with Crippen molar-refractivity contribution < 1.29 is 4.79 Å². The van der Waals surface area contributed by atoms with E-state index in [0.29, 0.717) is 5.92 Å². The Morgan fingerprint density at radius 1 is 1.00 bits per heavy atom. The van der Waals surface area contributed by atoms with E-state index in [1.165, 1.54) is 25.2 Å². The fourth-order valence-electron chi connectivity index (χ4n) is 4.06. The second-order valence-electron chi connectivity index (χ2n) is 8.57. The number of carbonyl (C=O) groups is 1. The molecule has 0 aliphatic carbocycles. The minimum Gasteiger partial charge on any atom is -0.338 e. The minimum absolute atomic E-state index is 0.122. The molecule has 0 saturated carbocycles. The average Bonchev–Trinajstić information content (AvgIpc) is 2.69. The van der Waals surface area contributed by atoms with Crippen molar-refractivity contribution in [1.82, 2.24) is 20.0 Å². The molecule has 0 radical (unpaired) electrons. The molecule has 2 heterocycles. The third-order valence-corrected chi connectivity index (χ3v) is 5.79. The molecule has 2 amide bonds. The molecule has 2 aliphatic heterocycles. The zero-order valence-corrected chi connectivity index (χ0v) is 17.1. The smallest absolute Gasteiger partial charge is 0.317 e. The maximum Gasteiger partial charge on any atom is 0.317 e. The van der Waals surface area contributed by atoms with Gasteiger partial charge in [0.05, 0.1) is 0 Å². The van der Waals surface area contributed by atoms with Gasteiger partial charge in [-0.05, 0) is 30.2 Å². The Morgan fingerprint density at radius 2 is 1.63 bits per heavy atom. The zero-order chi connectivity index (χ0) is 19.1. The van der Waals surface area contributed by atoms with Gasteiger partial charge in [-0.1, -0.05) is 44.2 Å². The molecule has 27 heavy (non-hydrogen) atoms. The standard InChI is InChI=1S/C22H36N4O/c1-19(2)16-23-22(27)26-10-8-21(9-11-26)18-25-14-12-24(13-15-25)17-20-6-4-3-5-7-20/h3-7,19,21H,8-18H2,1-2H3,(H,23,27). The summed E-state index contributed by atoms with van der Waals surface area (Å²) in [4.78, 5) is 19.4. The Bertz CT molecular complexity index is 561. The highest BCUT2D eigenvalue weighted by molar-refractivity contribution is 5.74. The highest BCUT2D eigenvalue weighted by Gasteiger charge is 2.25. The van der Waals surface area contributed by atoms with E-state index in [2.05, 4.69) is 59.3 Å². The molecule has 0 bridgehead atoms. The molecule has 0 aromatic heterocycles. The van der Waals surface area contributed by atoms with Crippen molar-refractivity contribution in [3.05, 3.63) is 35.9 Å². The van der Waals surface area contributed by atoms with Crippen molar-refractivity contribution in [2.24, 2.45) is 11.8 Å². The number of hydrogen-bond acceptors (Lipinski definition) is 3. The van der Waals surface area contributed by atoms with Gasteiger partial charge < -0.3 is 15.1 Å². The van der Waals surface area contributed by atoms with Crippen LogP contribution in [0.25, 0.3) is 0 Å². The molecule has 0 unspecified atom stereocenters. The topological polar surface area (TPSA) is 38.8 Å². The summed E-state index contributed by atoms with van der Waals surface area (Å²) in [6.07, 6.45) is 2.28. The molecule has 1 aromatic rings. The van der Waals surface area contributed by atoms with Crippen molar-refractivity contribution in [1.29, 1.82) is 0 Å². The van der Waals surface area contributed by atoms with Gasteiger partial charge in [-0.3, -0.25) is 4.90 Å². The van der Waals surface area contributed by atoms with Crippen LogP contribution in [0.4, 0.5) is 4.79 Å². The van der Waals surface area contributed by atoms with Crippen molar-refractivity contribution >= 4 is 6.03 Å². The first kappa shape index (κ1) is 20.2. The van der Waals surface area contributed by atoms with Crippen molar-refractivity contribution in [2.45, 2.75) is 33.2 Å². The summed E-state index contributed by atoms with van der Waals surface area (Å²) in [7, 11) is 0. The first-order valence-electron chi connectivity index (χ1n) is 10.6. The number of nitrogens with zero attached hydrogens (tertiary/aromatic N) is 3. The van der Waals surface area contributed by atoms with Crippen LogP contribution in [-0.4, -0.2) is 73.1 Å². The summed E-state index contributed by atoms with van der Waals surface area (Å²) in [6.45, 7) is 13.8. The quantitative estimate of drug-likeness (QED) is 0.835. The minimum atomic E-state index is 0.122. The number of benzene rings is 1. The highest BCUT2D eigenvalue weighted by Crippen LogP contribution is 2.19. The second-order valence-corrected chi connectivity index (χ2v) is 8.57. The molecule has 1 aromatic carbocycles.